The van der Waals surface area contributed by atoms with Crippen LogP contribution < -0.4 is 5.73 Å². The van der Waals surface area contributed by atoms with Gasteiger partial charge < -0.3 is 10.5 Å². The fraction of sp³-hybridized carbons (Fsp3) is 0.318. The van der Waals surface area contributed by atoms with Crippen LogP contribution in [-0.4, -0.2) is 18.1 Å². The van der Waals surface area contributed by atoms with E-state index in [4.69, 9.17) is 10.5 Å². The average Bonchev–Trinajstić information content (AvgIpc) is 2.72. The Kier molecular flexibility index (Phi) is 7.57. The van der Waals surface area contributed by atoms with Crippen molar-refractivity contribution >= 4 is 5.97 Å². The maximum atomic E-state index is 12.1. The number of aromatic nitrogens is 1. The third-order valence-corrected chi connectivity index (χ3v) is 4.40. The second-order valence-electron chi connectivity index (χ2n) is 6.34. The van der Waals surface area contributed by atoms with E-state index in [-0.39, 0.29) is 0 Å². The molecule has 0 saturated carbocycles. The first-order valence-corrected chi connectivity index (χ1v) is 9.11. The van der Waals surface area contributed by atoms with Crippen molar-refractivity contribution in [1.29, 1.82) is 5.26 Å². The Morgan fingerprint density at radius 1 is 1.22 bits per heavy atom. The predicted molar refractivity (Wildman–Crippen MR) is 105 cm³/mol. The van der Waals surface area contributed by atoms with E-state index >= 15 is 0 Å². The van der Waals surface area contributed by atoms with Crippen molar-refractivity contribution in [3.05, 3.63) is 65.0 Å². The number of unbranched alkanes of at least 4 members (excludes halogenated alkanes) is 2. The zero-order valence-corrected chi connectivity index (χ0v) is 15.9. The summed E-state index contributed by atoms with van der Waals surface area (Å²) < 4.78 is 4.90. The lowest BCUT2D eigenvalue weighted by Crippen LogP contribution is -2.15. The van der Waals surface area contributed by atoms with E-state index in [1.54, 1.807) is 12.3 Å². The highest BCUT2D eigenvalue weighted by molar-refractivity contribution is 5.89. The number of carbonyl (C=O) groups is 1. The van der Waals surface area contributed by atoms with Crippen molar-refractivity contribution in [3.63, 3.8) is 0 Å². The van der Waals surface area contributed by atoms with Crippen molar-refractivity contribution in [3.8, 4) is 17.3 Å². The van der Waals surface area contributed by atoms with Gasteiger partial charge in [0, 0.05) is 23.9 Å². The fourth-order valence-electron chi connectivity index (χ4n) is 2.85. The lowest BCUT2D eigenvalue weighted by molar-refractivity contribution is -0.136. The molecule has 0 unspecified atom stereocenters. The van der Waals surface area contributed by atoms with Crippen LogP contribution in [0.15, 0.2) is 53.9 Å². The van der Waals surface area contributed by atoms with E-state index in [1.807, 2.05) is 30.3 Å². The lowest BCUT2D eigenvalue weighted by atomic mass is 10.0. The van der Waals surface area contributed by atoms with Gasteiger partial charge in [0.2, 0.25) is 0 Å². The molecule has 0 aliphatic heterocycles. The highest BCUT2D eigenvalue weighted by Crippen LogP contribution is 2.22. The first-order chi connectivity index (χ1) is 13.1. The minimum atomic E-state index is -0.400. The van der Waals surface area contributed by atoms with Gasteiger partial charge in [-0.05, 0) is 30.5 Å². The monoisotopic (exact) mass is 363 g/mol. The highest BCUT2D eigenvalue weighted by Gasteiger charge is 2.15. The number of allylic oxidation sites excluding steroid dienone is 1. The third kappa shape index (κ3) is 5.42. The molecule has 140 valence electrons. The molecule has 2 aromatic rings. The number of hydrogen-bond donors (Lipinski definition) is 1. The molecule has 0 aliphatic rings. The van der Waals surface area contributed by atoms with Gasteiger partial charge in [-0.25, -0.2) is 4.79 Å². The molecule has 0 spiro atoms. The Bertz CT molecular complexity index is 849. The standard InChI is InChI=1S/C22H25N3O2/c1-3-4-5-10-20(24)19(22(26)27-2)13-16-11-12-21(25-15-16)18-9-7-6-8-17(18)14-23/h6-9,11-12,15H,3-5,10,13,24H2,1-2H3/b20-19-. The number of nitrogens with zero attached hydrogens (tertiary/aromatic N) is 2. The van der Waals surface area contributed by atoms with Crippen LogP contribution in [-0.2, 0) is 16.0 Å². The van der Waals surface area contributed by atoms with Crippen molar-refractivity contribution < 1.29 is 9.53 Å². The van der Waals surface area contributed by atoms with Gasteiger partial charge in [-0.2, -0.15) is 5.26 Å². The zero-order chi connectivity index (χ0) is 19.6. The van der Waals surface area contributed by atoms with E-state index in [9.17, 15) is 10.1 Å². The van der Waals surface area contributed by atoms with Gasteiger partial charge in [0.1, 0.15) is 0 Å². The summed E-state index contributed by atoms with van der Waals surface area (Å²) >= 11 is 0. The van der Waals surface area contributed by atoms with Gasteiger partial charge in [-0.1, -0.05) is 44.0 Å². The van der Waals surface area contributed by atoms with Crippen LogP contribution in [0.1, 0.15) is 43.7 Å². The Morgan fingerprint density at radius 2 is 2.00 bits per heavy atom. The number of nitriles is 1. The summed E-state index contributed by atoms with van der Waals surface area (Å²) in [6.45, 7) is 2.12. The van der Waals surface area contributed by atoms with E-state index in [1.165, 1.54) is 7.11 Å². The molecule has 0 fully saturated rings. The number of pyridine rings is 1. The van der Waals surface area contributed by atoms with Gasteiger partial charge in [0.25, 0.3) is 0 Å². The number of rotatable bonds is 8. The van der Waals surface area contributed by atoms with Crippen molar-refractivity contribution in [2.45, 2.75) is 39.0 Å². The summed E-state index contributed by atoms with van der Waals surface area (Å²) in [5.41, 5.74) is 10.2. The Balaban J connectivity index is 2.23. The van der Waals surface area contributed by atoms with Crippen LogP contribution in [0.5, 0.6) is 0 Å². The van der Waals surface area contributed by atoms with E-state index in [2.05, 4.69) is 18.0 Å². The fourth-order valence-corrected chi connectivity index (χ4v) is 2.85. The Labute approximate surface area is 160 Å². The van der Waals surface area contributed by atoms with E-state index in [0.29, 0.717) is 29.7 Å². The number of benzene rings is 1. The summed E-state index contributed by atoms with van der Waals surface area (Å²) in [5.74, 6) is -0.400. The summed E-state index contributed by atoms with van der Waals surface area (Å²) in [4.78, 5) is 16.6. The van der Waals surface area contributed by atoms with Gasteiger partial charge in [0.15, 0.2) is 0 Å². The number of esters is 1. The molecule has 0 aliphatic carbocycles. The third-order valence-electron chi connectivity index (χ3n) is 4.40. The topological polar surface area (TPSA) is 89.0 Å². The first kappa shape index (κ1) is 20.2. The second kappa shape index (κ2) is 10.1. The summed E-state index contributed by atoms with van der Waals surface area (Å²) in [6, 6.07) is 13.3. The number of hydrogen-bond acceptors (Lipinski definition) is 5. The molecule has 1 aromatic heterocycles. The maximum Gasteiger partial charge on any atom is 0.335 e. The summed E-state index contributed by atoms with van der Waals surface area (Å²) in [7, 11) is 1.36. The Morgan fingerprint density at radius 3 is 2.63 bits per heavy atom. The predicted octanol–water partition coefficient (Wildman–Crippen LogP) is 4.13. The molecule has 2 N–H and O–H groups in total. The van der Waals surface area contributed by atoms with Gasteiger partial charge in [-0.3, -0.25) is 4.98 Å². The van der Waals surface area contributed by atoms with Crippen molar-refractivity contribution in [2.75, 3.05) is 7.11 Å². The molecule has 0 radical (unpaired) electrons. The van der Waals surface area contributed by atoms with Crippen LogP contribution in [0.2, 0.25) is 0 Å². The molecule has 0 atom stereocenters. The van der Waals surface area contributed by atoms with Gasteiger partial charge in [0.05, 0.1) is 30.0 Å². The SMILES string of the molecule is CCCCC/C(N)=C(\Cc1ccc(-c2ccccc2C#N)nc1)C(=O)OC. The van der Waals surface area contributed by atoms with Crippen LogP contribution in [0.3, 0.4) is 0 Å². The summed E-state index contributed by atoms with van der Waals surface area (Å²) in [5, 5.41) is 9.24. The minimum absolute atomic E-state index is 0.373. The Hall–Kier alpha value is -3.13. The highest BCUT2D eigenvalue weighted by atomic mass is 16.5. The van der Waals surface area contributed by atoms with Crippen LogP contribution in [0.4, 0.5) is 0 Å². The average molecular weight is 363 g/mol. The smallest absolute Gasteiger partial charge is 0.335 e. The van der Waals surface area contributed by atoms with Crippen molar-refractivity contribution in [1.82, 2.24) is 4.98 Å². The van der Waals surface area contributed by atoms with Crippen LogP contribution >= 0.6 is 0 Å². The number of nitrogens with two attached hydrogens (primary N) is 1. The lowest BCUT2D eigenvalue weighted by Gasteiger charge is -2.11. The zero-order valence-electron chi connectivity index (χ0n) is 15.9. The molecule has 0 saturated heterocycles. The minimum Gasteiger partial charge on any atom is -0.466 e. The van der Waals surface area contributed by atoms with E-state index < -0.39 is 5.97 Å². The molecular weight excluding hydrogens is 338 g/mol. The number of ether oxygens (including phenoxy) is 1. The number of methoxy groups -OCH3 is 1. The molecule has 1 heterocycles. The number of carbonyl (C=O) groups excluding carboxylic acids is 1. The second-order valence-corrected chi connectivity index (χ2v) is 6.34. The molecular formula is C22H25N3O2. The molecule has 0 amide bonds. The van der Waals surface area contributed by atoms with Gasteiger partial charge >= 0.3 is 5.97 Å². The molecule has 2 rings (SSSR count). The molecule has 27 heavy (non-hydrogen) atoms. The van der Waals surface area contributed by atoms with Crippen molar-refractivity contribution in [2.24, 2.45) is 5.73 Å². The molecule has 5 heteroatoms. The molecule has 5 nitrogen and oxygen atoms in total. The normalized spacial score (nSPS) is 11.4. The first-order valence-electron chi connectivity index (χ1n) is 9.11. The van der Waals surface area contributed by atoms with Crippen LogP contribution in [0, 0.1) is 11.3 Å². The molecule has 1 aromatic carbocycles. The van der Waals surface area contributed by atoms with E-state index in [0.717, 1.165) is 36.1 Å². The van der Waals surface area contributed by atoms with Gasteiger partial charge in [-0.15, -0.1) is 0 Å². The largest absolute Gasteiger partial charge is 0.466 e. The summed E-state index contributed by atoms with van der Waals surface area (Å²) in [6.07, 6.45) is 5.88. The molecule has 0 bridgehead atoms. The quantitative estimate of drug-likeness (QED) is 0.433. The maximum absolute atomic E-state index is 12.1. The van der Waals surface area contributed by atoms with Crippen LogP contribution in [0.25, 0.3) is 11.3 Å².